The van der Waals surface area contributed by atoms with Gasteiger partial charge in [-0.3, -0.25) is 4.79 Å². The van der Waals surface area contributed by atoms with Gasteiger partial charge in [-0.05, 0) is 55.3 Å². The Labute approximate surface area is 152 Å². The maximum absolute atomic E-state index is 12.9. The summed E-state index contributed by atoms with van der Waals surface area (Å²) in [6.45, 7) is 2.06. The molecule has 0 amide bonds. The molecule has 1 unspecified atom stereocenters. The molecular formula is C19H19ClN2OS. The van der Waals surface area contributed by atoms with E-state index in [1.54, 1.807) is 11.9 Å². The van der Waals surface area contributed by atoms with Gasteiger partial charge in [0.1, 0.15) is 0 Å². The Bertz CT molecular complexity index is 786. The van der Waals surface area contributed by atoms with Crippen molar-refractivity contribution in [2.24, 2.45) is 0 Å². The highest BCUT2D eigenvalue weighted by atomic mass is 35.5. The van der Waals surface area contributed by atoms with Crippen LogP contribution in [0, 0.1) is 0 Å². The molecule has 2 aromatic rings. The van der Waals surface area contributed by atoms with E-state index in [0.717, 1.165) is 26.7 Å². The highest BCUT2D eigenvalue weighted by Gasteiger charge is 2.33. The summed E-state index contributed by atoms with van der Waals surface area (Å²) in [4.78, 5) is 15.9. The van der Waals surface area contributed by atoms with E-state index in [1.807, 2.05) is 73.7 Å². The van der Waals surface area contributed by atoms with E-state index < -0.39 is 0 Å². The highest BCUT2D eigenvalue weighted by Crippen LogP contribution is 2.40. The Kier molecular flexibility index (Phi) is 4.88. The van der Waals surface area contributed by atoms with Gasteiger partial charge in [-0.1, -0.05) is 23.7 Å². The molecule has 5 heteroatoms. The fourth-order valence-electron chi connectivity index (χ4n) is 2.72. The predicted molar refractivity (Wildman–Crippen MR) is 102 cm³/mol. The molecule has 0 aromatic heterocycles. The number of carbonyl (C=O) groups excluding carboxylic acids is 1. The van der Waals surface area contributed by atoms with E-state index in [2.05, 4.69) is 11.2 Å². The number of carbonyl (C=O) groups is 1. The zero-order chi connectivity index (χ0) is 17.3. The van der Waals surface area contributed by atoms with Crippen molar-refractivity contribution in [3.63, 3.8) is 0 Å². The molecular weight excluding hydrogens is 340 g/mol. The number of hydrogen-bond acceptors (Lipinski definition) is 4. The summed E-state index contributed by atoms with van der Waals surface area (Å²) in [5.41, 5.74) is 2.48. The average Bonchev–Trinajstić information content (AvgIpc) is 2.57. The maximum atomic E-state index is 12.9. The zero-order valence-electron chi connectivity index (χ0n) is 13.9. The normalized spacial score (nSPS) is 18.7. The van der Waals surface area contributed by atoms with Crippen LogP contribution in [0.4, 0.5) is 5.69 Å². The van der Waals surface area contributed by atoms with E-state index >= 15 is 0 Å². The van der Waals surface area contributed by atoms with Crippen LogP contribution in [0.2, 0.25) is 5.02 Å². The summed E-state index contributed by atoms with van der Waals surface area (Å²) in [5.74, 6) is 0.0970. The second-order valence-corrected chi connectivity index (χ2v) is 7.43. The third kappa shape index (κ3) is 3.30. The zero-order valence-corrected chi connectivity index (χ0v) is 15.4. The van der Waals surface area contributed by atoms with Crippen molar-refractivity contribution in [3.05, 3.63) is 70.9 Å². The first kappa shape index (κ1) is 16.9. The molecule has 1 heterocycles. The molecule has 2 aromatic carbocycles. The number of para-hydroxylation sites is 1. The fourth-order valence-corrected chi connectivity index (χ4v) is 3.86. The lowest BCUT2D eigenvalue weighted by molar-refractivity contribution is 0.102. The van der Waals surface area contributed by atoms with Gasteiger partial charge in [-0.25, -0.2) is 0 Å². The second-order valence-electron chi connectivity index (χ2n) is 5.94. The van der Waals surface area contributed by atoms with Gasteiger partial charge in [-0.2, -0.15) is 0 Å². The monoisotopic (exact) mass is 358 g/mol. The Morgan fingerprint density at radius 3 is 2.46 bits per heavy atom. The minimum atomic E-state index is -0.0320. The van der Waals surface area contributed by atoms with E-state index in [0.29, 0.717) is 0 Å². The van der Waals surface area contributed by atoms with Crippen molar-refractivity contribution in [3.8, 4) is 0 Å². The average molecular weight is 359 g/mol. The number of benzene rings is 2. The fraction of sp³-hybridized carbons (Fsp3) is 0.211. The first-order chi connectivity index (χ1) is 11.5. The van der Waals surface area contributed by atoms with Crippen LogP contribution in [0.1, 0.15) is 17.3 Å². The van der Waals surface area contributed by atoms with Gasteiger partial charge in [0.05, 0.1) is 11.7 Å². The first-order valence-electron chi connectivity index (χ1n) is 7.72. The molecule has 0 radical (unpaired) electrons. The summed E-state index contributed by atoms with van der Waals surface area (Å²) < 4.78 is 2.19. The molecule has 124 valence electrons. The van der Waals surface area contributed by atoms with Gasteiger partial charge in [-0.15, -0.1) is 0 Å². The standard InChI is InChI=1S/C19H19ClN2OS/c1-13-17(12-21(2)3)19(23)16-6-4-5-7-18(16)22(13)24-15-10-8-14(20)9-11-15/h4-13H,1-3H3. The van der Waals surface area contributed by atoms with Crippen LogP contribution in [-0.4, -0.2) is 30.8 Å². The molecule has 24 heavy (non-hydrogen) atoms. The lowest BCUT2D eigenvalue weighted by Crippen LogP contribution is -2.37. The number of hydrogen-bond donors (Lipinski definition) is 0. The summed E-state index contributed by atoms with van der Waals surface area (Å²) >= 11 is 7.60. The van der Waals surface area contributed by atoms with Crippen LogP contribution in [0.5, 0.6) is 0 Å². The number of ketones is 1. The number of fused-ring (bicyclic) bond motifs is 1. The molecule has 0 aliphatic carbocycles. The molecule has 0 fully saturated rings. The van der Waals surface area contributed by atoms with Gasteiger partial charge in [0.2, 0.25) is 0 Å². The molecule has 0 spiro atoms. The van der Waals surface area contributed by atoms with Crippen LogP contribution in [0.25, 0.3) is 0 Å². The summed E-state index contributed by atoms with van der Waals surface area (Å²) in [6.07, 6.45) is 1.92. The molecule has 0 N–H and O–H groups in total. The minimum Gasteiger partial charge on any atom is -0.383 e. The van der Waals surface area contributed by atoms with E-state index in [4.69, 9.17) is 11.6 Å². The van der Waals surface area contributed by atoms with Crippen LogP contribution in [-0.2, 0) is 0 Å². The number of Topliss-reactive ketones (excluding diaryl/α,β-unsaturated/α-hetero) is 1. The van der Waals surface area contributed by atoms with Crippen LogP contribution in [0.15, 0.2) is 65.2 Å². The predicted octanol–water partition coefficient (Wildman–Crippen LogP) is 4.88. The van der Waals surface area contributed by atoms with Gasteiger partial charge >= 0.3 is 0 Å². The van der Waals surface area contributed by atoms with Gasteiger partial charge in [0.15, 0.2) is 5.78 Å². The van der Waals surface area contributed by atoms with E-state index in [9.17, 15) is 4.79 Å². The Hall–Kier alpha value is -1.91. The van der Waals surface area contributed by atoms with Crippen molar-refractivity contribution in [2.45, 2.75) is 17.9 Å². The largest absolute Gasteiger partial charge is 0.383 e. The summed E-state index contributed by atoms with van der Waals surface area (Å²) in [7, 11) is 3.87. The van der Waals surface area contributed by atoms with E-state index in [-0.39, 0.29) is 11.8 Å². The van der Waals surface area contributed by atoms with Crippen LogP contribution < -0.4 is 4.31 Å². The Balaban J connectivity index is 2.04. The molecule has 0 bridgehead atoms. The highest BCUT2D eigenvalue weighted by molar-refractivity contribution is 8.00. The SMILES string of the molecule is CC1C(=CN(C)C)C(=O)c2ccccc2N1Sc1ccc(Cl)cc1. The van der Waals surface area contributed by atoms with Crippen molar-refractivity contribution >= 4 is 35.0 Å². The number of nitrogens with zero attached hydrogens (tertiary/aromatic N) is 2. The minimum absolute atomic E-state index is 0.0320. The molecule has 0 saturated heterocycles. The maximum Gasteiger partial charge on any atom is 0.194 e. The molecule has 3 rings (SSSR count). The van der Waals surface area contributed by atoms with Crippen molar-refractivity contribution < 1.29 is 4.79 Å². The lowest BCUT2D eigenvalue weighted by atomic mass is 9.93. The van der Waals surface area contributed by atoms with Gasteiger partial charge in [0, 0.05) is 41.3 Å². The first-order valence-corrected chi connectivity index (χ1v) is 8.87. The van der Waals surface area contributed by atoms with Crippen molar-refractivity contribution in [2.75, 3.05) is 18.4 Å². The summed E-state index contributed by atoms with van der Waals surface area (Å²) in [5, 5.41) is 0.717. The molecule has 1 aliphatic rings. The van der Waals surface area contributed by atoms with Crippen LogP contribution >= 0.6 is 23.5 Å². The number of rotatable bonds is 3. The topological polar surface area (TPSA) is 23.6 Å². The summed E-state index contributed by atoms with van der Waals surface area (Å²) in [6, 6.07) is 15.5. The van der Waals surface area contributed by atoms with Crippen molar-refractivity contribution in [1.29, 1.82) is 0 Å². The third-order valence-electron chi connectivity index (χ3n) is 3.86. The smallest absolute Gasteiger partial charge is 0.194 e. The molecule has 3 nitrogen and oxygen atoms in total. The van der Waals surface area contributed by atoms with Gasteiger partial charge in [0.25, 0.3) is 0 Å². The molecule has 1 atom stereocenters. The van der Waals surface area contributed by atoms with Crippen LogP contribution in [0.3, 0.4) is 0 Å². The van der Waals surface area contributed by atoms with Crippen molar-refractivity contribution in [1.82, 2.24) is 4.90 Å². The Morgan fingerprint density at radius 2 is 1.79 bits per heavy atom. The molecule has 1 aliphatic heterocycles. The lowest BCUT2D eigenvalue weighted by Gasteiger charge is -2.36. The quantitative estimate of drug-likeness (QED) is 0.576. The number of anilines is 1. The number of halogens is 1. The molecule has 0 saturated carbocycles. The Morgan fingerprint density at radius 1 is 1.12 bits per heavy atom. The van der Waals surface area contributed by atoms with E-state index in [1.165, 1.54) is 0 Å². The van der Waals surface area contributed by atoms with Gasteiger partial charge < -0.3 is 9.21 Å². The second kappa shape index (κ2) is 6.91. The third-order valence-corrected chi connectivity index (χ3v) is 5.31.